The first kappa shape index (κ1) is 12.8. The molecule has 0 radical (unpaired) electrons. The summed E-state index contributed by atoms with van der Waals surface area (Å²) in [4.78, 5) is 0. The van der Waals surface area contributed by atoms with Crippen molar-refractivity contribution in [2.75, 3.05) is 0 Å². The fourth-order valence-electron chi connectivity index (χ4n) is 3.54. The van der Waals surface area contributed by atoms with Gasteiger partial charge in [0.05, 0.1) is 0 Å². The molecular formula is C18H14Br2. The van der Waals surface area contributed by atoms with Crippen molar-refractivity contribution in [2.24, 2.45) is 0 Å². The predicted molar refractivity (Wildman–Crippen MR) is 91.7 cm³/mol. The summed E-state index contributed by atoms with van der Waals surface area (Å²) < 4.78 is 2.39. The second-order valence-corrected chi connectivity index (χ2v) is 7.39. The summed E-state index contributed by atoms with van der Waals surface area (Å²) >= 11 is 7.16. The molecule has 0 nitrogen and oxygen atoms in total. The molecule has 0 aromatic heterocycles. The van der Waals surface area contributed by atoms with Crippen LogP contribution in [0.1, 0.15) is 35.1 Å². The van der Waals surface area contributed by atoms with Crippen molar-refractivity contribution in [1.82, 2.24) is 0 Å². The van der Waals surface area contributed by atoms with Crippen LogP contribution < -0.4 is 0 Å². The summed E-state index contributed by atoms with van der Waals surface area (Å²) in [5.41, 5.74) is 9.08. The molecule has 4 rings (SSSR count). The summed E-state index contributed by atoms with van der Waals surface area (Å²) in [6, 6.07) is 13.5. The molecule has 0 atom stereocenters. The Bertz CT molecular complexity index is 678. The molecule has 2 aromatic carbocycles. The first-order valence-electron chi connectivity index (χ1n) is 7.02. The minimum atomic E-state index is 1.18. The van der Waals surface area contributed by atoms with Crippen LogP contribution >= 0.6 is 31.9 Å². The monoisotopic (exact) mass is 388 g/mol. The van der Waals surface area contributed by atoms with E-state index < -0.39 is 0 Å². The Morgan fingerprint density at radius 1 is 0.600 bits per heavy atom. The molecule has 0 aliphatic heterocycles. The maximum atomic E-state index is 3.58. The highest BCUT2D eigenvalue weighted by Gasteiger charge is 2.25. The maximum Gasteiger partial charge on any atom is 0.0178 e. The highest BCUT2D eigenvalue weighted by atomic mass is 79.9. The van der Waals surface area contributed by atoms with Gasteiger partial charge in [0.15, 0.2) is 0 Å². The Balaban J connectivity index is 1.88. The van der Waals surface area contributed by atoms with Gasteiger partial charge in [-0.05, 0) is 83.3 Å². The Kier molecular flexibility index (Phi) is 3.12. The number of halogens is 2. The third kappa shape index (κ3) is 2.01. The second-order valence-electron chi connectivity index (χ2n) is 5.56. The highest BCUT2D eigenvalue weighted by Crippen LogP contribution is 2.44. The third-order valence-electron chi connectivity index (χ3n) is 4.44. The molecule has 0 saturated heterocycles. The van der Waals surface area contributed by atoms with Crippen LogP contribution in [0.15, 0.2) is 45.3 Å². The van der Waals surface area contributed by atoms with E-state index in [9.17, 15) is 0 Å². The lowest BCUT2D eigenvalue weighted by molar-refractivity contribution is 1.06. The van der Waals surface area contributed by atoms with E-state index in [2.05, 4.69) is 68.3 Å². The van der Waals surface area contributed by atoms with Crippen molar-refractivity contribution >= 4 is 43.0 Å². The average Bonchev–Trinajstić information content (AvgIpc) is 3.01. The van der Waals surface area contributed by atoms with E-state index in [-0.39, 0.29) is 0 Å². The van der Waals surface area contributed by atoms with Gasteiger partial charge in [0.1, 0.15) is 0 Å². The van der Waals surface area contributed by atoms with Gasteiger partial charge in [0.25, 0.3) is 0 Å². The minimum Gasteiger partial charge on any atom is -0.0533 e. The van der Waals surface area contributed by atoms with Gasteiger partial charge in [0.2, 0.25) is 0 Å². The Morgan fingerprint density at radius 3 is 1.50 bits per heavy atom. The topological polar surface area (TPSA) is 0 Å². The van der Waals surface area contributed by atoms with Gasteiger partial charge >= 0.3 is 0 Å². The van der Waals surface area contributed by atoms with Gasteiger partial charge in [-0.2, -0.15) is 0 Å². The molecule has 20 heavy (non-hydrogen) atoms. The van der Waals surface area contributed by atoms with Crippen molar-refractivity contribution in [3.05, 3.63) is 67.6 Å². The Morgan fingerprint density at radius 2 is 1.05 bits per heavy atom. The molecule has 0 fully saturated rings. The van der Waals surface area contributed by atoms with E-state index in [4.69, 9.17) is 0 Å². The SMILES string of the molecule is Brc1ccc2c(c1)CC/C2=C1\CCc2cc(Br)ccc21. The molecule has 2 heteroatoms. The van der Waals surface area contributed by atoms with Crippen molar-refractivity contribution in [3.63, 3.8) is 0 Å². The summed E-state index contributed by atoms with van der Waals surface area (Å²) in [5.74, 6) is 0. The average molecular weight is 390 g/mol. The molecule has 0 N–H and O–H groups in total. The van der Waals surface area contributed by atoms with Crippen LogP contribution in [0.25, 0.3) is 11.1 Å². The van der Waals surface area contributed by atoms with Crippen molar-refractivity contribution < 1.29 is 0 Å². The zero-order valence-electron chi connectivity index (χ0n) is 11.0. The first-order valence-corrected chi connectivity index (χ1v) is 8.60. The van der Waals surface area contributed by atoms with E-state index >= 15 is 0 Å². The number of fused-ring (bicyclic) bond motifs is 2. The second kappa shape index (κ2) is 4.85. The molecule has 2 aromatic rings. The Labute approximate surface area is 136 Å². The molecular weight excluding hydrogens is 376 g/mol. The quantitative estimate of drug-likeness (QED) is 0.517. The summed E-state index contributed by atoms with van der Waals surface area (Å²) in [6.07, 6.45) is 4.74. The molecule has 2 aliphatic rings. The zero-order chi connectivity index (χ0) is 13.7. The van der Waals surface area contributed by atoms with Gasteiger partial charge in [-0.25, -0.2) is 0 Å². The van der Waals surface area contributed by atoms with E-state index in [1.807, 2.05) is 0 Å². The van der Waals surface area contributed by atoms with Gasteiger partial charge in [-0.3, -0.25) is 0 Å². The number of benzene rings is 2. The lowest BCUT2D eigenvalue weighted by Crippen LogP contribution is -1.86. The zero-order valence-corrected chi connectivity index (χ0v) is 14.2. The molecule has 0 unspecified atom stereocenters. The van der Waals surface area contributed by atoms with Crippen molar-refractivity contribution in [2.45, 2.75) is 25.7 Å². The summed E-state index contributed by atoms with van der Waals surface area (Å²) in [7, 11) is 0. The number of rotatable bonds is 0. The van der Waals surface area contributed by atoms with Crippen molar-refractivity contribution in [1.29, 1.82) is 0 Å². The molecule has 0 amide bonds. The molecule has 0 heterocycles. The number of hydrogen-bond acceptors (Lipinski definition) is 0. The lowest BCUT2D eigenvalue weighted by Gasteiger charge is -2.08. The van der Waals surface area contributed by atoms with Crippen LogP contribution in [-0.4, -0.2) is 0 Å². The van der Waals surface area contributed by atoms with Gasteiger partial charge < -0.3 is 0 Å². The molecule has 0 spiro atoms. The normalized spacial score (nSPS) is 20.1. The summed E-state index contributed by atoms with van der Waals surface area (Å²) in [6.45, 7) is 0. The fraction of sp³-hybridized carbons (Fsp3) is 0.222. The minimum absolute atomic E-state index is 1.18. The molecule has 0 saturated carbocycles. The molecule has 2 aliphatic carbocycles. The van der Waals surface area contributed by atoms with Crippen LogP contribution in [0.3, 0.4) is 0 Å². The number of aryl methyl sites for hydroxylation is 2. The van der Waals surface area contributed by atoms with Crippen molar-refractivity contribution in [3.8, 4) is 0 Å². The maximum absolute atomic E-state index is 3.58. The van der Waals surface area contributed by atoms with Gasteiger partial charge in [-0.15, -0.1) is 0 Å². The molecule has 0 bridgehead atoms. The fourth-order valence-corrected chi connectivity index (χ4v) is 4.36. The van der Waals surface area contributed by atoms with Gasteiger partial charge in [0, 0.05) is 8.95 Å². The van der Waals surface area contributed by atoms with Gasteiger partial charge in [-0.1, -0.05) is 44.0 Å². The van der Waals surface area contributed by atoms with Crippen LogP contribution in [0.5, 0.6) is 0 Å². The van der Waals surface area contributed by atoms with E-state index in [0.717, 1.165) is 0 Å². The predicted octanol–water partition coefficient (Wildman–Crippen LogP) is 6.01. The van der Waals surface area contributed by atoms with E-state index in [0.29, 0.717) is 0 Å². The van der Waals surface area contributed by atoms with Crippen LogP contribution in [0.2, 0.25) is 0 Å². The first-order chi connectivity index (χ1) is 9.72. The Hall–Kier alpha value is -0.860. The van der Waals surface area contributed by atoms with Crippen LogP contribution in [0, 0.1) is 0 Å². The smallest absolute Gasteiger partial charge is 0.0178 e. The van der Waals surface area contributed by atoms with E-state index in [1.54, 1.807) is 11.1 Å². The number of hydrogen-bond donors (Lipinski definition) is 0. The largest absolute Gasteiger partial charge is 0.0533 e. The van der Waals surface area contributed by atoms with Crippen LogP contribution in [-0.2, 0) is 12.8 Å². The standard InChI is InChI=1S/C18H14Br2/c19-13-3-7-15-11(9-13)1-5-17(15)18-6-2-12-10-14(20)4-8-16(12)18/h3-4,7-10H,1-2,5-6H2/b18-17-. The number of allylic oxidation sites excluding steroid dienone is 2. The van der Waals surface area contributed by atoms with Crippen LogP contribution in [0.4, 0.5) is 0 Å². The summed E-state index contributed by atoms with van der Waals surface area (Å²) in [5, 5.41) is 0. The lowest BCUT2D eigenvalue weighted by atomic mass is 9.97. The molecule has 100 valence electrons. The third-order valence-corrected chi connectivity index (χ3v) is 5.42. The van der Waals surface area contributed by atoms with E-state index in [1.165, 1.54) is 56.9 Å². The highest BCUT2D eigenvalue weighted by molar-refractivity contribution is 9.10.